The molecular weight excluding hydrogens is 310 g/mol. The van der Waals surface area contributed by atoms with Gasteiger partial charge in [0, 0.05) is 6.42 Å². The van der Waals surface area contributed by atoms with Crippen LogP contribution < -0.4 is 10.1 Å². The van der Waals surface area contributed by atoms with Gasteiger partial charge in [-0.05, 0) is 67.5 Å². The quantitative estimate of drug-likeness (QED) is 0.785. The molecule has 0 radical (unpaired) electrons. The largest absolute Gasteiger partial charge is 0.496 e. The molecule has 0 aliphatic heterocycles. The zero-order valence-corrected chi connectivity index (χ0v) is 16.0. The van der Waals surface area contributed by atoms with Gasteiger partial charge >= 0.3 is 0 Å². The molecule has 134 valence electrons. The number of hydrogen-bond donors (Lipinski definition) is 1. The molecule has 0 saturated heterocycles. The summed E-state index contributed by atoms with van der Waals surface area (Å²) in [6.45, 7) is 8.34. The number of methoxy groups -OCH3 is 1. The van der Waals surface area contributed by atoms with Crippen LogP contribution in [0.25, 0.3) is 0 Å². The van der Waals surface area contributed by atoms with Crippen molar-refractivity contribution in [3.05, 3.63) is 64.2 Å². The lowest BCUT2D eigenvalue weighted by atomic mass is 9.99. The lowest BCUT2D eigenvalue weighted by Gasteiger charge is -2.19. The summed E-state index contributed by atoms with van der Waals surface area (Å²) in [7, 11) is 1.67. The first-order valence-electron chi connectivity index (χ1n) is 8.94. The molecule has 0 saturated carbocycles. The van der Waals surface area contributed by atoms with E-state index in [0.717, 1.165) is 29.7 Å². The number of rotatable bonds is 7. The zero-order chi connectivity index (χ0) is 18.4. The van der Waals surface area contributed by atoms with Crippen molar-refractivity contribution in [3.8, 4) is 5.75 Å². The van der Waals surface area contributed by atoms with Crippen LogP contribution >= 0.6 is 0 Å². The average Bonchev–Trinajstić information content (AvgIpc) is 2.60. The van der Waals surface area contributed by atoms with Gasteiger partial charge in [0.05, 0.1) is 13.2 Å². The van der Waals surface area contributed by atoms with Gasteiger partial charge in [-0.3, -0.25) is 4.79 Å². The summed E-state index contributed by atoms with van der Waals surface area (Å²) >= 11 is 0. The average molecular weight is 339 g/mol. The maximum atomic E-state index is 12.4. The molecule has 2 rings (SSSR count). The van der Waals surface area contributed by atoms with E-state index in [1.165, 1.54) is 16.7 Å². The van der Waals surface area contributed by atoms with Crippen molar-refractivity contribution in [3.63, 3.8) is 0 Å². The van der Waals surface area contributed by atoms with Crippen LogP contribution in [0.5, 0.6) is 5.75 Å². The van der Waals surface area contributed by atoms with Crippen molar-refractivity contribution in [1.29, 1.82) is 0 Å². The number of ether oxygens (including phenoxy) is 1. The first-order valence-corrected chi connectivity index (χ1v) is 8.94. The van der Waals surface area contributed by atoms with Crippen LogP contribution in [0, 0.1) is 20.8 Å². The second kappa shape index (κ2) is 8.70. The molecule has 0 heterocycles. The smallest absolute Gasteiger partial charge is 0.220 e. The van der Waals surface area contributed by atoms with Gasteiger partial charge in [0.15, 0.2) is 0 Å². The van der Waals surface area contributed by atoms with Crippen LogP contribution in [-0.2, 0) is 11.2 Å². The SMILES string of the molecule is CC[C@H](NC(=O)CCc1ccc(OC)c(C)c1)c1ccc(C)c(C)c1. The summed E-state index contributed by atoms with van der Waals surface area (Å²) in [5, 5.41) is 3.17. The fraction of sp³-hybridized carbons (Fsp3) is 0.409. The number of amides is 1. The number of carbonyl (C=O) groups is 1. The second-order valence-electron chi connectivity index (χ2n) is 6.68. The molecule has 1 atom stereocenters. The highest BCUT2D eigenvalue weighted by molar-refractivity contribution is 5.76. The Hall–Kier alpha value is -2.29. The van der Waals surface area contributed by atoms with Crippen molar-refractivity contribution >= 4 is 5.91 Å². The third kappa shape index (κ3) is 5.09. The van der Waals surface area contributed by atoms with Crippen molar-refractivity contribution in [2.75, 3.05) is 7.11 Å². The van der Waals surface area contributed by atoms with Gasteiger partial charge in [-0.25, -0.2) is 0 Å². The van der Waals surface area contributed by atoms with E-state index in [-0.39, 0.29) is 11.9 Å². The molecule has 0 aliphatic carbocycles. The van der Waals surface area contributed by atoms with Crippen LogP contribution in [0.15, 0.2) is 36.4 Å². The number of aryl methyl sites for hydroxylation is 4. The Balaban J connectivity index is 1.95. The Morgan fingerprint density at radius 3 is 2.40 bits per heavy atom. The lowest BCUT2D eigenvalue weighted by molar-refractivity contribution is -0.121. The van der Waals surface area contributed by atoms with E-state index in [2.05, 4.69) is 50.4 Å². The molecule has 3 nitrogen and oxygen atoms in total. The van der Waals surface area contributed by atoms with Gasteiger partial charge in [-0.2, -0.15) is 0 Å². The minimum Gasteiger partial charge on any atom is -0.496 e. The molecule has 0 aromatic heterocycles. The molecule has 25 heavy (non-hydrogen) atoms. The minimum absolute atomic E-state index is 0.0735. The Bertz CT molecular complexity index is 737. The number of benzene rings is 2. The standard InChI is InChI=1S/C22H29NO2/c1-6-20(19-10-7-15(2)16(3)14-19)23-22(24)12-9-18-8-11-21(25-5)17(4)13-18/h7-8,10-11,13-14,20H,6,9,12H2,1-5H3,(H,23,24)/t20-/m0/s1. The molecule has 2 aromatic rings. The molecule has 3 heteroatoms. The molecule has 0 bridgehead atoms. The van der Waals surface area contributed by atoms with Crippen LogP contribution in [-0.4, -0.2) is 13.0 Å². The first kappa shape index (κ1) is 19.0. The Labute approximate surface area is 151 Å². The number of hydrogen-bond acceptors (Lipinski definition) is 2. The van der Waals surface area contributed by atoms with Crippen LogP contribution in [0.1, 0.15) is 53.6 Å². The summed E-state index contributed by atoms with van der Waals surface area (Å²) in [4.78, 5) is 12.4. The highest BCUT2D eigenvalue weighted by atomic mass is 16.5. The first-order chi connectivity index (χ1) is 11.9. The van der Waals surface area contributed by atoms with Gasteiger partial charge in [0.25, 0.3) is 0 Å². The fourth-order valence-corrected chi connectivity index (χ4v) is 3.02. The van der Waals surface area contributed by atoms with Crippen molar-refractivity contribution in [2.45, 2.75) is 53.0 Å². The van der Waals surface area contributed by atoms with Crippen LogP contribution in [0.3, 0.4) is 0 Å². The normalized spacial score (nSPS) is 11.9. The van der Waals surface area contributed by atoms with Crippen molar-refractivity contribution < 1.29 is 9.53 Å². The van der Waals surface area contributed by atoms with E-state index in [9.17, 15) is 4.79 Å². The van der Waals surface area contributed by atoms with E-state index >= 15 is 0 Å². The van der Waals surface area contributed by atoms with E-state index < -0.39 is 0 Å². The van der Waals surface area contributed by atoms with E-state index in [1.807, 2.05) is 19.1 Å². The molecule has 0 unspecified atom stereocenters. The molecule has 1 N–H and O–H groups in total. The molecule has 2 aromatic carbocycles. The van der Waals surface area contributed by atoms with E-state index in [4.69, 9.17) is 4.74 Å². The third-order valence-corrected chi connectivity index (χ3v) is 4.78. The summed E-state index contributed by atoms with van der Waals surface area (Å²) in [6, 6.07) is 12.6. The second-order valence-corrected chi connectivity index (χ2v) is 6.68. The van der Waals surface area contributed by atoms with E-state index in [1.54, 1.807) is 7.11 Å². The molecule has 0 spiro atoms. The predicted molar refractivity (Wildman–Crippen MR) is 103 cm³/mol. The lowest BCUT2D eigenvalue weighted by Crippen LogP contribution is -2.28. The Morgan fingerprint density at radius 2 is 1.80 bits per heavy atom. The maximum absolute atomic E-state index is 12.4. The number of nitrogens with one attached hydrogen (secondary N) is 1. The third-order valence-electron chi connectivity index (χ3n) is 4.78. The van der Waals surface area contributed by atoms with E-state index in [0.29, 0.717) is 6.42 Å². The maximum Gasteiger partial charge on any atom is 0.220 e. The van der Waals surface area contributed by atoms with Crippen molar-refractivity contribution in [1.82, 2.24) is 5.32 Å². The molecular formula is C22H29NO2. The number of carbonyl (C=O) groups excluding carboxylic acids is 1. The van der Waals surface area contributed by atoms with Gasteiger partial charge in [0.1, 0.15) is 5.75 Å². The summed E-state index contributed by atoms with van der Waals surface area (Å²) in [6.07, 6.45) is 2.11. The van der Waals surface area contributed by atoms with Crippen molar-refractivity contribution in [2.24, 2.45) is 0 Å². The monoisotopic (exact) mass is 339 g/mol. The van der Waals surface area contributed by atoms with Gasteiger partial charge in [0.2, 0.25) is 5.91 Å². The van der Waals surface area contributed by atoms with Gasteiger partial charge < -0.3 is 10.1 Å². The summed E-state index contributed by atoms with van der Waals surface area (Å²) < 4.78 is 5.28. The molecule has 0 fully saturated rings. The van der Waals surface area contributed by atoms with Crippen LogP contribution in [0.2, 0.25) is 0 Å². The summed E-state index contributed by atoms with van der Waals surface area (Å²) in [5.74, 6) is 0.979. The fourth-order valence-electron chi connectivity index (χ4n) is 3.02. The topological polar surface area (TPSA) is 38.3 Å². The Kier molecular flexibility index (Phi) is 6.63. The predicted octanol–water partition coefficient (Wildman–Crippen LogP) is 4.82. The molecule has 0 aliphatic rings. The molecule has 1 amide bonds. The minimum atomic E-state index is 0.0735. The summed E-state index contributed by atoms with van der Waals surface area (Å²) in [5.41, 5.74) is 5.98. The van der Waals surface area contributed by atoms with Crippen LogP contribution in [0.4, 0.5) is 0 Å². The van der Waals surface area contributed by atoms with Gasteiger partial charge in [-0.15, -0.1) is 0 Å². The van der Waals surface area contributed by atoms with Gasteiger partial charge in [-0.1, -0.05) is 37.3 Å². The highest BCUT2D eigenvalue weighted by Gasteiger charge is 2.13. The Morgan fingerprint density at radius 1 is 1.04 bits per heavy atom. The zero-order valence-electron chi connectivity index (χ0n) is 16.0. The highest BCUT2D eigenvalue weighted by Crippen LogP contribution is 2.21.